The highest BCUT2D eigenvalue weighted by Crippen LogP contribution is 2.13. The fraction of sp³-hybridized carbons (Fsp3) is 0.214. The highest BCUT2D eigenvalue weighted by molar-refractivity contribution is 5.81. The van der Waals surface area contributed by atoms with E-state index in [9.17, 15) is 9.18 Å². The van der Waals surface area contributed by atoms with Crippen molar-refractivity contribution in [1.82, 2.24) is 5.32 Å². The number of benzene rings is 1. The molecule has 1 atom stereocenters. The van der Waals surface area contributed by atoms with Gasteiger partial charge in [0.1, 0.15) is 11.6 Å². The number of hydrogen-bond donors (Lipinski definition) is 2. The predicted octanol–water partition coefficient (Wildman–Crippen LogP) is 2.71. The second-order valence-electron chi connectivity index (χ2n) is 4.14. The Morgan fingerprint density at radius 2 is 2.11 bits per heavy atom. The van der Waals surface area contributed by atoms with Gasteiger partial charge in [-0.15, -0.1) is 0 Å². The Morgan fingerprint density at radius 3 is 2.79 bits per heavy atom. The highest BCUT2D eigenvalue weighted by Gasteiger charge is 2.11. The molecule has 2 aromatic rings. The summed E-state index contributed by atoms with van der Waals surface area (Å²) in [5.74, 6) is 0.0702. The minimum Gasteiger partial charge on any atom is -0.467 e. The molecular weight excluding hydrogens is 247 g/mol. The number of carbonyl (C=O) groups excluding carboxylic acids is 1. The summed E-state index contributed by atoms with van der Waals surface area (Å²) in [5, 5.41) is 5.50. The average molecular weight is 262 g/mol. The molecule has 0 saturated heterocycles. The van der Waals surface area contributed by atoms with Gasteiger partial charge in [0.15, 0.2) is 0 Å². The fourth-order valence-corrected chi connectivity index (χ4v) is 1.68. The smallest absolute Gasteiger partial charge is 0.239 e. The fourth-order valence-electron chi connectivity index (χ4n) is 1.68. The van der Waals surface area contributed by atoms with Crippen LogP contribution in [0, 0.1) is 5.82 Å². The van der Waals surface area contributed by atoms with Crippen molar-refractivity contribution in [3.8, 4) is 0 Å². The zero-order chi connectivity index (χ0) is 13.7. The molecule has 0 saturated carbocycles. The quantitative estimate of drug-likeness (QED) is 0.871. The normalized spacial score (nSPS) is 11.9. The number of nitrogens with one attached hydrogen (secondary N) is 2. The summed E-state index contributed by atoms with van der Waals surface area (Å²) < 4.78 is 18.5. The van der Waals surface area contributed by atoms with Crippen LogP contribution in [0.2, 0.25) is 0 Å². The molecule has 0 aliphatic carbocycles. The minimum absolute atomic E-state index is 0.00593. The third-order valence-corrected chi connectivity index (χ3v) is 2.66. The van der Waals surface area contributed by atoms with E-state index in [1.807, 2.05) is 6.92 Å². The first-order valence-corrected chi connectivity index (χ1v) is 5.98. The van der Waals surface area contributed by atoms with Crippen molar-refractivity contribution in [1.29, 1.82) is 0 Å². The molecule has 2 rings (SSSR count). The summed E-state index contributed by atoms with van der Waals surface area (Å²) in [6.07, 6.45) is 1.55. The van der Waals surface area contributed by atoms with E-state index in [-0.39, 0.29) is 24.3 Å². The Hall–Kier alpha value is -2.30. The van der Waals surface area contributed by atoms with Gasteiger partial charge in [-0.2, -0.15) is 0 Å². The van der Waals surface area contributed by atoms with Gasteiger partial charge in [-0.1, -0.05) is 12.1 Å². The lowest BCUT2D eigenvalue weighted by Crippen LogP contribution is -2.32. The van der Waals surface area contributed by atoms with Gasteiger partial charge >= 0.3 is 0 Å². The van der Waals surface area contributed by atoms with Crippen molar-refractivity contribution in [3.05, 3.63) is 54.2 Å². The maximum absolute atomic E-state index is 13.3. The van der Waals surface area contributed by atoms with Gasteiger partial charge in [0, 0.05) is 0 Å². The molecule has 1 amide bonds. The lowest BCUT2D eigenvalue weighted by molar-refractivity contribution is -0.120. The second kappa shape index (κ2) is 6.04. The summed E-state index contributed by atoms with van der Waals surface area (Å²) in [5.41, 5.74) is 0.309. The number of hydrogen-bond acceptors (Lipinski definition) is 3. The molecule has 0 fully saturated rings. The third kappa shape index (κ3) is 3.58. The SMILES string of the molecule is CC(NC(=O)CNc1ccccc1F)c1ccco1. The van der Waals surface area contributed by atoms with E-state index in [2.05, 4.69) is 10.6 Å². The van der Waals surface area contributed by atoms with E-state index in [0.29, 0.717) is 11.4 Å². The Balaban J connectivity index is 1.84. The van der Waals surface area contributed by atoms with Gasteiger partial charge in [-0.05, 0) is 31.2 Å². The van der Waals surface area contributed by atoms with Crippen molar-refractivity contribution in [2.24, 2.45) is 0 Å². The molecule has 5 heteroatoms. The molecule has 0 radical (unpaired) electrons. The van der Waals surface area contributed by atoms with Gasteiger partial charge in [0.05, 0.1) is 24.5 Å². The van der Waals surface area contributed by atoms with E-state index in [4.69, 9.17) is 4.42 Å². The zero-order valence-electron chi connectivity index (χ0n) is 10.5. The standard InChI is InChI=1S/C14H15FN2O2/c1-10(13-7-4-8-19-13)17-14(18)9-16-12-6-3-2-5-11(12)15/h2-8,10,16H,9H2,1H3,(H,17,18). The molecule has 1 aromatic carbocycles. The molecule has 0 aliphatic rings. The number of carbonyl (C=O) groups is 1. The Kier molecular flexibility index (Phi) is 4.18. The summed E-state index contributed by atoms with van der Waals surface area (Å²) >= 11 is 0. The van der Waals surface area contributed by atoms with Crippen LogP contribution in [0.4, 0.5) is 10.1 Å². The summed E-state index contributed by atoms with van der Waals surface area (Å²) in [6, 6.07) is 9.55. The van der Waals surface area contributed by atoms with E-state index in [1.165, 1.54) is 6.07 Å². The van der Waals surface area contributed by atoms with Crippen LogP contribution in [0.5, 0.6) is 0 Å². The lowest BCUT2D eigenvalue weighted by atomic mass is 10.2. The maximum atomic E-state index is 13.3. The van der Waals surface area contributed by atoms with E-state index in [1.54, 1.807) is 36.6 Å². The van der Waals surface area contributed by atoms with E-state index in [0.717, 1.165) is 0 Å². The van der Waals surface area contributed by atoms with Gasteiger partial charge in [0.25, 0.3) is 0 Å². The van der Waals surface area contributed by atoms with Crippen LogP contribution < -0.4 is 10.6 Å². The van der Waals surface area contributed by atoms with Crippen molar-refractivity contribution >= 4 is 11.6 Å². The highest BCUT2D eigenvalue weighted by atomic mass is 19.1. The van der Waals surface area contributed by atoms with Gasteiger partial charge in [0.2, 0.25) is 5.91 Å². The van der Waals surface area contributed by atoms with Crippen LogP contribution in [-0.4, -0.2) is 12.5 Å². The molecule has 100 valence electrons. The average Bonchev–Trinajstić information content (AvgIpc) is 2.91. The number of furan rings is 1. The van der Waals surface area contributed by atoms with E-state index >= 15 is 0 Å². The topological polar surface area (TPSA) is 54.3 Å². The van der Waals surface area contributed by atoms with Gasteiger partial charge in [-0.3, -0.25) is 4.79 Å². The second-order valence-corrected chi connectivity index (χ2v) is 4.14. The molecule has 0 aliphatic heterocycles. The molecule has 4 nitrogen and oxygen atoms in total. The van der Waals surface area contributed by atoms with Crippen LogP contribution >= 0.6 is 0 Å². The van der Waals surface area contributed by atoms with Crippen molar-refractivity contribution in [2.75, 3.05) is 11.9 Å². The van der Waals surface area contributed by atoms with Crippen LogP contribution in [0.25, 0.3) is 0 Å². The minimum atomic E-state index is -0.380. The first-order chi connectivity index (χ1) is 9.16. The van der Waals surface area contributed by atoms with Gasteiger partial charge in [-0.25, -0.2) is 4.39 Å². The molecular formula is C14H15FN2O2. The lowest BCUT2D eigenvalue weighted by Gasteiger charge is -2.12. The molecule has 2 N–H and O–H groups in total. The summed E-state index contributed by atoms with van der Waals surface area (Å²) in [4.78, 5) is 11.7. The largest absolute Gasteiger partial charge is 0.467 e. The number of para-hydroxylation sites is 1. The first kappa shape index (κ1) is 13.1. The van der Waals surface area contributed by atoms with Crippen LogP contribution in [0.3, 0.4) is 0 Å². The predicted molar refractivity (Wildman–Crippen MR) is 70.2 cm³/mol. The zero-order valence-corrected chi connectivity index (χ0v) is 10.5. The number of halogens is 1. The number of rotatable bonds is 5. The molecule has 1 unspecified atom stereocenters. The molecule has 1 aromatic heterocycles. The van der Waals surface area contributed by atoms with Crippen LogP contribution in [0.15, 0.2) is 47.1 Å². The molecule has 0 spiro atoms. The summed E-state index contributed by atoms with van der Waals surface area (Å²) in [6.45, 7) is 1.83. The Morgan fingerprint density at radius 1 is 1.32 bits per heavy atom. The van der Waals surface area contributed by atoms with Gasteiger partial charge < -0.3 is 15.1 Å². The van der Waals surface area contributed by atoms with Crippen molar-refractivity contribution in [3.63, 3.8) is 0 Å². The van der Waals surface area contributed by atoms with Crippen molar-refractivity contribution in [2.45, 2.75) is 13.0 Å². The van der Waals surface area contributed by atoms with E-state index < -0.39 is 0 Å². The molecule has 0 bridgehead atoms. The third-order valence-electron chi connectivity index (χ3n) is 2.66. The Labute approximate surface area is 110 Å². The summed E-state index contributed by atoms with van der Waals surface area (Å²) in [7, 11) is 0. The first-order valence-electron chi connectivity index (χ1n) is 5.98. The van der Waals surface area contributed by atoms with Crippen LogP contribution in [-0.2, 0) is 4.79 Å². The monoisotopic (exact) mass is 262 g/mol. The Bertz CT molecular complexity index is 540. The van der Waals surface area contributed by atoms with Crippen LogP contribution in [0.1, 0.15) is 18.7 Å². The molecule has 1 heterocycles. The number of anilines is 1. The molecule has 19 heavy (non-hydrogen) atoms. The van der Waals surface area contributed by atoms with Crippen molar-refractivity contribution < 1.29 is 13.6 Å². The number of amides is 1. The maximum Gasteiger partial charge on any atom is 0.239 e.